The number of aliphatic hydroxyl groups excluding tert-OH is 4. The summed E-state index contributed by atoms with van der Waals surface area (Å²) in [5.41, 5.74) is 3.70. The Morgan fingerprint density at radius 2 is 1.73 bits per heavy atom. The lowest BCUT2D eigenvalue weighted by molar-refractivity contribution is -0.277. The van der Waals surface area contributed by atoms with Gasteiger partial charge in [0.15, 0.2) is 0 Å². The van der Waals surface area contributed by atoms with Crippen LogP contribution in [0.1, 0.15) is 41.0 Å². The highest BCUT2D eigenvalue weighted by atomic mass is 16.7. The van der Waals surface area contributed by atoms with Crippen molar-refractivity contribution in [3.63, 3.8) is 0 Å². The molecule has 2 aromatic carbocycles. The first-order chi connectivity index (χ1) is 14.5. The maximum atomic E-state index is 10.2. The Morgan fingerprint density at radius 1 is 1.00 bits per heavy atom. The van der Waals surface area contributed by atoms with Crippen molar-refractivity contribution >= 4 is 0 Å². The summed E-state index contributed by atoms with van der Waals surface area (Å²) < 4.78 is 11.1. The maximum absolute atomic E-state index is 10.2. The second-order valence-corrected chi connectivity index (χ2v) is 7.94. The van der Waals surface area contributed by atoms with E-state index in [0.717, 1.165) is 11.1 Å². The number of nitriles is 1. The third-order valence-corrected chi connectivity index (χ3v) is 5.72. The molecule has 0 aromatic heterocycles. The number of rotatable bonds is 6. The lowest BCUT2D eigenvalue weighted by Crippen LogP contribution is -2.60. The predicted octanol–water partition coefficient (Wildman–Crippen LogP) is 1.21. The molecule has 30 heavy (non-hydrogen) atoms. The molecule has 4 rings (SSSR count). The third-order valence-electron chi connectivity index (χ3n) is 5.72. The van der Waals surface area contributed by atoms with E-state index in [1.54, 1.807) is 18.2 Å². The number of hydrogen-bond donors (Lipinski definition) is 4. The zero-order valence-corrected chi connectivity index (χ0v) is 16.4. The smallest absolute Gasteiger partial charge is 0.229 e. The van der Waals surface area contributed by atoms with E-state index in [4.69, 9.17) is 9.47 Å². The molecule has 0 amide bonds. The molecular formula is C23H25NO6. The van der Waals surface area contributed by atoms with Crippen molar-refractivity contribution in [1.29, 1.82) is 5.26 Å². The minimum atomic E-state index is -1.51. The normalized spacial score (nSPS) is 28.7. The van der Waals surface area contributed by atoms with Crippen molar-refractivity contribution in [2.75, 3.05) is 6.61 Å². The standard InChI is InChI=1S/C23H25NO6/c24-11-16-7-8-18(29-23-22(28)21(27)20(26)19(12-25)30-23)10-17(16)9-13-1-3-14(4-2-13)15-5-6-15/h1-4,7-8,10,15,19-23,25-28H,5-6,9,12H2/t19-,20-,21+,22-,23?/m1/s1. The number of aliphatic hydroxyl groups is 4. The van der Waals surface area contributed by atoms with Gasteiger partial charge in [-0.3, -0.25) is 0 Å². The van der Waals surface area contributed by atoms with Gasteiger partial charge in [0.25, 0.3) is 0 Å². The molecule has 5 atom stereocenters. The first-order valence-corrected chi connectivity index (χ1v) is 10.1. The maximum Gasteiger partial charge on any atom is 0.229 e. The Kier molecular flexibility index (Phi) is 6.04. The van der Waals surface area contributed by atoms with E-state index in [0.29, 0.717) is 23.7 Å². The van der Waals surface area contributed by atoms with Crippen LogP contribution in [0.5, 0.6) is 5.75 Å². The lowest BCUT2D eigenvalue weighted by atomic mass is 9.98. The summed E-state index contributed by atoms with van der Waals surface area (Å²) in [6.07, 6.45) is -3.72. The Hall–Kier alpha value is -2.47. The van der Waals surface area contributed by atoms with Gasteiger partial charge in [0.2, 0.25) is 6.29 Å². The highest BCUT2D eigenvalue weighted by molar-refractivity contribution is 5.45. The summed E-state index contributed by atoms with van der Waals surface area (Å²) in [6.45, 7) is -0.528. The van der Waals surface area contributed by atoms with Gasteiger partial charge in [0.05, 0.1) is 18.2 Å². The van der Waals surface area contributed by atoms with E-state index in [2.05, 4.69) is 30.3 Å². The molecule has 2 fully saturated rings. The SMILES string of the molecule is N#Cc1ccc(OC2O[C@H](CO)[C@@H](O)[C@H](O)[C@H]2O)cc1Cc1ccc(C2CC2)cc1. The van der Waals surface area contributed by atoms with Gasteiger partial charge >= 0.3 is 0 Å². The van der Waals surface area contributed by atoms with Crippen molar-refractivity contribution in [2.24, 2.45) is 0 Å². The Balaban J connectivity index is 1.51. The molecule has 2 aliphatic rings. The molecule has 1 saturated heterocycles. The Bertz CT molecular complexity index is 918. The van der Waals surface area contributed by atoms with Gasteiger partial charge in [-0.15, -0.1) is 0 Å². The van der Waals surface area contributed by atoms with E-state index in [1.807, 2.05) is 0 Å². The monoisotopic (exact) mass is 411 g/mol. The van der Waals surface area contributed by atoms with E-state index < -0.39 is 37.3 Å². The fourth-order valence-corrected chi connectivity index (χ4v) is 3.74. The van der Waals surface area contributed by atoms with Crippen molar-refractivity contribution in [1.82, 2.24) is 0 Å². The molecule has 158 valence electrons. The highest BCUT2D eigenvalue weighted by Gasteiger charge is 2.44. The zero-order valence-electron chi connectivity index (χ0n) is 16.4. The van der Waals surface area contributed by atoms with Crippen molar-refractivity contribution in [2.45, 2.75) is 55.9 Å². The summed E-state index contributed by atoms with van der Waals surface area (Å²) >= 11 is 0. The average molecular weight is 411 g/mol. The molecule has 1 saturated carbocycles. The van der Waals surface area contributed by atoms with Gasteiger partial charge in [-0.25, -0.2) is 0 Å². The fourth-order valence-electron chi connectivity index (χ4n) is 3.74. The van der Waals surface area contributed by atoms with Crippen LogP contribution in [0.15, 0.2) is 42.5 Å². The molecule has 1 aliphatic heterocycles. The van der Waals surface area contributed by atoms with Crippen LogP contribution in [0, 0.1) is 11.3 Å². The van der Waals surface area contributed by atoms with Crippen LogP contribution in [0.25, 0.3) is 0 Å². The largest absolute Gasteiger partial charge is 0.462 e. The average Bonchev–Trinajstić information content (AvgIpc) is 3.60. The van der Waals surface area contributed by atoms with Gasteiger partial charge in [0.1, 0.15) is 30.2 Å². The van der Waals surface area contributed by atoms with E-state index in [9.17, 15) is 25.7 Å². The molecule has 0 spiro atoms. The molecule has 7 heteroatoms. The first kappa shape index (κ1) is 20.8. The fraction of sp³-hybridized carbons (Fsp3) is 0.435. The van der Waals surface area contributed by atoms with Gasteiger partial charge in [0, 0.05) is 0 Å². The topological polar surface area (TPSA) is 123 Å². The van der Waals surface area contributed by atoms with Crippen LogP contribution in [0.2, 0.25) is 0 Å². The van der Waals surface area contributed by atoms with Crippen LogP contribution >= 0.6 is 0 Å². The quantitative estimate of drug-likeness (QED) is 0.563. The molecule has 0 bridgehead atoms. The summed E-state index contributed by atoms with van der Waals surface area (Å²) in [7, 11) is 0. The van der Waals surface area contributed by atoms with E-state index in [-0.39, 0.29) is 0 Å². The van der Waals surface area contributed by atoms with Crippen molar-refractivity contribution < 1.29 is 29.9 Å². The summed E-state index contributed by atoms with van der Waals surface area (Å²) in [6, 6.07) is 15.5. The molecule has 2 aromatic rings. The van der Waals surface area contributed by atoms with Crippen LogP contribution in [-0.4, -0.2) is 57.7 Å². The summed E-state index contributed by atoms with van der Waals surface area (Å²) in [4.78, 5) is 0. The van der Waals surface area contributed by atoms with Gasteiger partial charge in [-0.05, 0) is 60.1 Å². The summed E-state index contributed by atoms with van der Waals surface area (Å²) in [5, 5.41) is 48.8. The zero-order chi connectivity index (χ0) is 21.3. The first-order valence-electron chi connectivity index (χ1n) is 10.1. The van der Waals surface area contributed by atoms with Crippen molar-refractivity contribution in [3.8, 4) is 11.8 Å². The number of benzene rings is 2. The lowest BCUT2D eigenvalue weighted by Gasteiger charge is -2.39. The molecule has 4 N–H and O–H groups in total. The Labute approximate surface area is 174 Å². The minimum absolute atomic E-state index is 0.350. The molecular weight excluding hydrogens is 386 g/mol. The van der Waals surface area contributed by atoms with E-state index in [1.165, 1.54) is 18.4 Å². The van der Waals surface area contributed by atoms with E-state index >= 15 is 0 Å². The predicted molar refractivity (Wildman–Crippen MR) is 107 cm³/mol. The van der Waals surface area contributed by atoms with Crippen LogP contribution in [0.3, 0.4) is 0 Å². The number of ether oxygens (including phenoxy) is 2. The van der Waals surface area contributed by atoms with Crippen LogP contribution in [-0.2, 0) is 11.2 Å². The number of nitrogens with zero attached hydrogens (tertiary/aromatic N) is 1. The molecule has 1 aliphatic carbocycles. The van der Waals surface area contributed by atoms with Gasteiger partial charge in [-0.1, -0.05) is 24.3 Å². The number of hydrogen-bond acceptors (Lipinski definition) is 7. The highest BCUT2D eigenvalue weighted by Crippen LogP contribution is 2.40. The molecule has 1 unspecified atom stereocenters. The van der Waals surface area contributed by atoms with Crippen molar-refractivity contribution in [3.05, 3.63) is 64.7 Å². The van der Waals surface area contributed by atoms with Crippen LogP contribution < -0.4 is 4.74 Å². The molecule has 1 heterocycles. The molecule has 7 nitrogen and oxygen atoms in total. The molecule has 0 radical (unpaired) electrons. The van der Waals surface area contributed by atoms with Crippen LogP contribution in [0.4, 0.5) is 0 Å². The minimum Gasteiger partial charge on any atom is -0.462 e. The second kappa shape index (κ2) is 8.72. The van der Waals surface area contributed by atoms with Gasteiger partial charge < -0.3 is 29.9 Å². The third kappa shape index (κ3) is 4.33. The van der Waals surface area contributed by atoms with Gasteiger partial charge in [-0.2, -0.15) is 5.26 Å². The summed E-state index contributed by atoms with van der Waals surface area (Å²) in [5.74, 6) is 1.03. The Morgan fingerprint density at radius 3 is 2.37 bits per heavy atom. The second-order valence-electron chi connectivity index (χ2n) is 7.94.